The lowest BCUT2D eigenvalue weighted by atomic mass is 9.99. The lowest BCUT2D eigenvalue weighted by Gasteiger charge is -2.36. The zero-order chi connectivity index (χ0) is 23.0. The van der Waals surface area contributed by atoms with Crippen LogP contribution in [0.4, 0.5) is 11.6 Å². The molecule has 178 valence electrons. The Bertz CT molecular complexity index is 1020. The molecule has 1 atom stereocenters. The average Bonchev–Trinajstić information content (AvgIpc) is 3.27. The van der Waals surface area contributed by atoms with Gasteiger partial charge in [-0.25, -0.2) is 9.97 Å². The topological polar surface area (TPSA) is 99.8 Å². The number of anilines is 2. The fraction of sp³-hybridized carbons (Fsp3) is 0.542. The Morgan fingerprint density at radius 1 is 1.24 bits per heavy atom. The molecule has 0 aromatic carbocycles. The Kier molecular flexibility index (Phi) is 7.96. The number of aryl methyl sites for hydroxylation is 1. The van der Waals surface area contributed by atoms with Crippen molar-refractivity contribution in [1.29, 1.82) is 0 Å². The predicted octanol–water partition coefficient (Wildman–Crippen LogP) is 2.64. The molecule has 0 amide bonds. The van der Waals surface area contributed by atoms with E-state index in [1.165, 1.54) is 6.42 Å². The van der Waals surface area contributed by atoms with E-state index < -0.39 is 0 Å². The molecule has 0 saturated carbocycles. The smallest absolute Gasteiger partial charge is 0.213 e. The summed E-state index contributed by atoms with van der Waals surface area (Å²) >= 11 is 0. The fourth-order valence-corrected chi connectivity index (χ4v) is 4.32. The van der Waals surface area contributed by atoms with Gasteiger partial charge in [-0.15, -0.1) is 0 Å². The van der Waals surface area contributed by atoms with Gasteiger partial charge in [0.05, 0.1) is 6.20 Å². The summed E-state index contributed by atoms with van der Waals surface area (Å²) in [6, 6.07) is 6.32. The maximum Gasteiger partial charge on any atom is 0.213 e. The number of aliphatic hydroxyl groups excluding tert-OH is 1. The van der Waals surface area contributed by atoms with Crippen LogP contribution in [0.1, 0.15) is 43.7 Å². The number of hydrogen-bond donors (Lipinski definition) is 3. The lowest BCUT2D eigenvalue weighted by Crippen LogP contribution is -2.40. The highest BCUT2D eigenvalue weighted by atomic mass is 16.5. The van der Waals surface area contributed by atoms with Crippen LogP contribution in [0.3, 0.4) is 0 Å². The Hall–Kier alpha value is -2.91. The predicted molar refractivity (Wildman–Crippen MR) is 130 cm³/mol. The van der Waals surface area contributed by atoms with Gasteiger partial charge >= 0.3 is 0 Å². The standard InChI is InChI=1S/C24H35N7O2/c1-3-19-17-28-31-21(26-15-18-7-8-23(27-16-18)33-13-10-25-2)14-22(29-24(19)31)30-11-5-4-6-20(30)9-12-32/h7-8,14,16-17,20,25-26,32H,3-6,9-13,15H2,1-2H3/t20-/m0/s1. The summed E-state index contributed by atoms with van der Waals surface area (Å²) in [7, 11) is 1.90. The van der Waals surface area contributed by atoms with Gasteiger partial charge in [-0.05, 0) is 44.7 Å². The summed E-state index contributed by atoms with van der Waals surface area (Å²) in [5, 5.41) is 20.7. The second kappa shape index (κ2) is 11.3. The van der Waals surface area contributed by atoms with Crippen LogP contribution >= 0.6 is 0 Å². The number of aliphatic hydroxyl groups is 1. The number of rotatable bonds is 11. The van der Waals surface area contributed by atoms with Gasteiger partial charge < -0.3 is 25.4 Å². The third-order valence-corrected chi connectivity index (χ3v) is 6.17. The van der Waals surface area contributed by atoms with E-state index in [1.807, 2.05) is 36.1 Å². The molecule has 0 spiro atoms. The van der Waals surface area contributed by atoms with E-state index in [1.54, 1.807) is 0 Å². The molecule has 1 aliphatic heterocycles. The van der Waals surface area contributed by atoms with Crippen LogP contribution in [0.25, 0.3) is 5.65 Å². The molecule has 1 fully saturated rings. The second-order valence-electron chi connectivity index (χ2n) is 8.42. The van der Waals surface area contributed by atoms with Crippen molar-refractivity contribution in [1.82, 2.24) is 24.9 Å². The minimum atomic E-state index is 0.197. The molecule has 9 heteroatoms. The number of aromatic nitrogens is 4. The fourth-order valence-electron chi connectivity index (χ4n) is 4.32. The van der Waals surface area contributed by atoms with Crippen LogP contribution in [-0.4, -0.2) is 64.1 Å². The van der Waals surface area contributed by atoms with E-state index in [2.05, 4.69) is 38.6 Å². The molecule has 4 heterocycles. The number of hydrogen-bond acceptors (Lipinski definition) is 8. The van der Waals surface area contributed by atoms with Crippen molar-refractivity contribution in [2.24, 2.45) is 0 Å². The Labute approximate surface area is 195 Å². The average molecular weight is 454 g/mol. The maximum absolute atomic E-state index is 9.56. The van der Waals surface area contributed by atoms with Crippen molar-refractivity contribution in [2.45, 2.75) is 51.6 Å². The first-order valence-corrected chi connectivity index (χ1v) is 11.9. The van der Waals surface area contributed by atoms with Crippen LogP contribution in [-0.2, 0) is 13.0 Å². The SMILES string of the molecule is CCc1cnn2c(NCc3ccc(OCCNC)nc3)cc(N3CCCC[C@H]3CCO)nc12. The van der Waals surface area contributed by atoms with E-state index in [4.69, 9.17) is 9.72 Å². The molecular formula is C24H35N7O2. The van der Waals surface area contributed by atoms with Crippen LogP contribution in [0.5, 0.6) is 5.88 Å². The molecule has 1 aliphatic rings. The second-order valence-corrected chi connectivity index (χ2v) is 8.42. The Balaban J connectivity index is 1.55. The first-order chi connectivity index (χ1) is 16.2. The van der Waals surface area contributed by atoms with Crippen molar-refractivity contribution in [3.63, 3.8) is 0 Å². The molecule has 3 aromatic heterocycles. The molecule has 9 nitrogen and oxygen atoms in total. The van der Waals surface area contributed by atoms with Gasteiger partial charge in [0.25, 0.3) is 0 Å². The van der Waals surface area contributed by atoms with Crippen molar-refractivity contribution < 1.29 is 9.84 Å². The summed E-state index contributed by atoms with van der Waals surface area (Å²) in [6.45, 7) is 5.27. The molecule has 0 radical (unpaired) electrons. The minimum absolute atomic E-state index is 0.197. The first kappa shape index (κ1) is 23.3. The molecular weight excluding hydrogens is 418 g/mol. The van der Waals surface area contributed by atoms with Crippen molar-refractivity contribution >= 4 is 17.3 Å². The van der Waals surface area contributed by atoms with E-state index in [9.17, 15) is 5.11 Å². The number of likely N-dealkylation sites (N-methyl/N-ethyl adjacent to an activating group) is 1. The number of pyridine rings is 1. The van der Waals surface area contributed by atoms with Gasteiger partial charge in [0.2, 0.25) is 5.88 Å². The van der Waals surface area contributed by atoms with Crippen LogP contribution < -0.4 is 20.3 Å². The zero-order valence-electron chi connectivity index (χ0n) is 19.6. The number of piperidine rings is 1. The summed E-state index contributed by atoms with van der Waals surface area (Å²) in [5.74, 6) is 2.48. The van der Waals surface area contributed by atoms with Gasteiger partial charge in [0, 0.05) is 56.2 Å². The number of nitrogens with one attached hydrogen (secondary N) is 2. The van der Waals surface area contributed by atoms with E-state index in [-0.39, 0.29) is 6.61 Å². The van der Waals surface area contributed by atoms with Crippen molar-refractivity contribution in [3.8, 4) is 5.88 Å². The quantitative estimate of drug-likeness (QED) is 0.381. The van der Waals surface area contributed by atoms with Gasteiger partial charge in [-0.3, -0.25) is 0 Å². The monoisotopic (exact) mass is 453 g/mol. The third-order valence-electron chi connectivity index (χ3n) is 6.17. The normalized spacial score (nSPS) is 16.3. The molecule has 3 aromatic rings. The minimum Gasteiger partial charge on any atom is -0.476 e. The van der Waals surface area contributed by atoms with Crippen molar-refractivity contribution in [3.05, 3.63) is 41.7 Å². The molecule has 0 unspecified atom stereocenters. The molecule has 1 saturated heterocycles. The van der Waals surface area contributed by atoms with Crippen LogP contribution in [0, 0.1) is 0 Å². The summed E-state index contributed by atoms with van der Waals surface area (Å²) in [6.07, 6.45) is 8.81. The zero-order valence-corrected chi connectivity index (χ0v) is 19.6. The number of nitrogens with zero attached hydrogens (tertiary/aromatic N) is 5. The largest absolute Gasteiger partial charge is 0.476 e. The Morgan fingerprint density at radius 2 is 2.15 bits per heavy atom. The highest BCUT2D eigenvalue weighted by molar-refractivity contribution is 5.61. The summed E-state index contributed by atoms with van der Waals surface area (Å²) in [5.41, 5.74) is 3.07. The summed E-state index contributed by atoms with van der Waals surface area (Å²) < 4.78 is 7.49. The number of ether oxygens (including phenoxy) is 1. The van der Waals surface area contributed by atoms with Gasteiger partial charge in [-0.2, -0.15) is 9.61 Å². The third kappa shape index (κ3) is 5.54. The van der Waals surface area contributed by atoms with Crippen LogP contribution in [0.15, 0.2) is 30.6 Å². The molecule has 0 bridgehead atoms. The van der Waals surface area contributed by atoms with Gasteiger partial charge in [-0.1, -0.05) is 13.0 Å². The van der Waals surface area contributed by atoms with E-state index in [0.717, 1.165) is 67.2 Å². The van der Waals surface area contributed by atoms with E-state index in [0.29, 0.717) is 25.1 Å². The molecule has 0 aliphatic carbocycles. The summed E-state index contributed by atoms with van der Waals surface area (Å²) in [4.78, 5) is 11.8. The van der Waals surface area contributed by atoms with Gasteiger partial charge in [0.1, 0.15) is 18.2 Å². The van der Waals surface area contributed by atoms with Crippen LogP contribution in [0.2, 0.25) is 0 Å². The molecule has 33 heavy (non-hydrogen) atoms. The lowest BCUT2D eigenvalue weighted by molar-refractivity contribution is 0.262. The van der Waals surface area contributed by atoms with Gasteiger partial charge in [0.15, 0.2) is 5.65 Å². The van der Waals surface area contributed by atoms with Crippen molar-refractivity contribution in [2.75, 3.05) is 43.6 Å². The maximum atomic E-state index is 9.56. The highest BCUT2D eigenvalue weighted by Crippen LogP contribution is 2.29. The number of fused-ring (bicyclic) bond motifs is 1. The first-order valence-electron chi connectivity index (χ1n) is 11.9. The molecule has 3 N–H and O–H groups in total. The molecule has 4 rings (SSSR count). The van der Waals surface area contributed by atoms with E-state index >= 15 is 0 Å². The highest BCUT2D eigenvalue weighted by Gasteiger charge is 2.24. The Morgan fingerprint density at radius 3 is 2.91 bits per heavy atom.